The number of aliphatic hydroxyl groups excluding tert-OH is 2. The minimum Gasteiger partial charge on any atom is -0.394 e. The van der Waals surface area contributed by atoms with Crippen molar-refractivity contribution >= 4 is 10.0 Å². The van der Waals surface area contributed by atoms with E-state index in [0.717, 1.165) is 12.1 Å². The highest BCUT2D eigenvalue weighted by Crippen LogP contribution is 2.26. The van der Waals surface area contributed by atoms with E-state index in [1.54, 1.807) is 0 Å². The van der Waals surface area contributed by atoms with Crippen LogP contribution >= 0.6 is 0 Å². The molecule has 2 fully saturated rings. The highest BCUT2D eigenvalue weighted by molar-refractivity contribution is 7.89. The van der Waals surface area contributed by atoms with Crippen molar-refractivity contribution in [2.24, 2.45) is 0 Å². The highest BCUT2D eigenvalue weighted by atomic mass is 32.2. The fraction of sp³-hybridized carbons (Fsp3) is 0.625. The first-order valence-electron chi connectivity index (χ1n) is 8.44. The van der Waals surface area contributed by atoms with E-state index in [0.29, 0.717) is 26.3 Å². The third-order valence-electron chi connectivity index (χ3n) is 4.71. The molecule has 26 heavy (non-hydrogen) atoms. The lowest BCUT2D eigenvalue weighted by molar-refractivity contribution is -0.0207. The van der Waals surface area contributed by atoms with Crippen molar-refractivity contribution < 1.29 is 32.5 Å². The second kappa shape index (κ2) is 8.26. The predicted octanol–water partition coefficient (Wildman–Crippen LogP) is -1.07. The number of nitrogens with zero attached hydrogens (tertiary/aromatic N) is 1. The van der Waals surface area contributed by atoms with Crippen LogP contribution in [0.2, 0.25) is 0 Å². The number of morpholine rings is 1. The molecule has 2 heterocycles. The average Bonchev–Trinajstić information content (AvgIpc) is 2.97. The van der Waals surface area contributed by atoms with Crippen LogP contribution in [0.3, 0.4) is 0 Å². The normalized spacial score (nSPS) is 30.6. The number of sulfonamides is 1. The quantitative estimate of drug-likeness (QED) is 0.567. The number of hydrogen-bond acceptors (Lipinski definition) is 7. The highest BCUT2D eigenvalue weighted by Gasteiger charge is 2.46. The summed E-state index contributed by atoms with van der Waals surface area (Å²) in [5, 5.41) is 19.9. The van der Waals surface area contributed by atoms with Gasteiger partial charge in [-0.15, -0.1) is 0 Å². The number of hydrogen-bond donors (Lipinski definition) is 3. The van der Waals surface area contributed by atoms with Gasteiger partial charge in [-0.05, 0) is 24.3 Å². The van der Waals surface area contributed by atoms with Gasteiger partial charge in [-0.25, -0.2) is 17.5 Å². The molecular formula is C16H23FN2O6S. The van der Waals surface area contributed by atoms with Crippen LogP contribution in [0.1, 0.15) is 0 Å². The molecule has 146 valence electrons. The zero-order chi connectivity index (χ0) is 18.7. The van der Waals surface area contributed by atoms with E-state index in [1.165, 1.54) is 12.1 Å². The molecule has 0 saturated carbocycles. The Balaban J connectivity index is 1.70. The Bertz CT molecular complexity index is 695. The van der Waals surface area contributed by atoms with Crippen LogP contribution < -0.4 is 4.72 Å². The van der Waals surface area contributed by atoms with Crippen LogP contribution in [-0.2, 0) is 19.5 Å². The lowest BCUT2D eigenvalue weighted by atomic mass is 10.0. The molecule has 2 aliphatic rings. The monoisotopic (exact) mass is 390 g/mol. The number of benzene rings is 1. The van der Waals surface area contributed by atoms with Crippen LogP contribution in [0.4, 0.5) is 4.39 Å². The van der Waals surface area contributed by atoms with Gasteiger partial charge in [0.25, 0.3) is 0 Å². The maximum atomic E-state index is 13.0. The van der Waals surface area contributed by atoms with Gasteiger partial charge in [0.05, 0.1) is 36.9 Å². The van der Waals surface area contributed by atoms with E-state index in [-0.39, 0.29) is 18.0 Å². The van der Waals surface area contributed by atoms with Crippen molar-refractivity contribution in [3.05, 3.63) is 30.1 Å². The zero-order valence-electron chi connectivity index (χ0n) is 14.1. The molecule has 2 saturated heterocycles. The minimum atomic E-state index is -3.84. The van der Waals surface area contributed by atoms with Gasteiger partial charge in [0.1, 0.15) is 18.0 Å². The van der Waals surface area contributed by atoms with Crippen molar-refractivity contribution in [2.75, 3.05) is 39.5 Å². The molecule has 4 atom stereocenters. The smallest absolute Gasteiger partial charge is 0.240 e. The third kappa shape index (κ3) is 4.22. The van der Waals surface area contributed by atoms with E-state index in [9.17, 15) is 23.0 Å². The number of halogens is 1. The van der Waals surface area contributed by atoms with Gasteiger partial charge in [-0.2, -0.15) is 0 Å². The van der Waals surface area contributed by atoms with Crippen molar-refractivity contribution in [1.29, 1.82) is 0 Å². The van der Waals surface area contributed by atoms with Gasteiger partial charge in [-0.1, -0.05) is 0 Å². The number of aliphatic hydroxyl groups is 2. The molecule has 1 aromatic rings. The van der Waals surface area contributed by atoms with Gasteiger partial charge in [-0.3, -0.25) is 4.90 Å². The van der Waals surface area contributed by atoms with E-state index in [2.05, 4.69) is 4.72 Å². The van der Waals surface area contributed by atoms with Crippen molar-refractivity contribution in [1.82, 2.24) is 9.62 Å². The molecule has 10 heteroatoms. The van der Waals surface area contributed by atoms with Gasteiger partial charge in [0.15, 0.2) is 0 Å². The summed E-state index contributed by atoms with van der Waals surface area (Å²) in [5.74, 6) is -0.524. The number of nitrogens with one attached hydrogen (secondary N) is 1. The van der Waals surface area contributed by atoms with Crippen LogP contribution in [0, 0.1) is 5.82 Å². The Kier molecular flexibility index (Phi) is 6.23. The van der Waals surface area contributed by atoms with Crippen molar-refractivity contribution in [3.63, 3.8) is 0 Å². The Morgan fingerprint density at radius 3 is 2.46 bits per heavy atom. The first-order valence-corrected chi connectivity index (χ1v) is 9.92. The fourth-order valence-electron chi connectivity index (χ4n) is 3.36. The predicted molar refractivity (Wildman–Crippen MR) is 89.5 cm³/mol. The molecule has 0 radical (unpaired) electrons. The van der Waals surface area contributed by atoms with Gasteiger partial charge in [0, 0.05) is 19.6 Å². The Hall–Kier alpha value is -1.14. The first-order chi connectivity index (χ1) is 12.4. The van der Waals surface area contributed by atoms with E-state index >= 15 is 0 Å². The van der Waals surface area contributed by atoms with E-state index in [4.69, 9.17) is 9.47 Å². The van der Waals surface area contributed by atoms with Crippen LogP contribution in [0.15, 0.2) is 29.2 Å². The van der Waals surface area contributed by atoms with Gasteiger partial charge >= 0.3 is 0 Å². The van der Waals surface area contributed by atoms with Crippen LogP contribution in [-0.4, -0.2) is 87.3 Å². The number of rotatable bonds is 6. The molecule has 3 rings (SSSR count). The topological polar surface area (TPSA) is 108 Å². The van der Waals surface area contributed by atoms with Crippen molar-refractivity contribution in [2.45, 2.75) is 29.2 Å². The lowest BCUT2D eigenvalue weighted by Gasteiger charge is -2.36. The SMILES string of the molecule is O=S(=O)(NCC1OC(CO)C(O)C1N1CCOCC1)c1ccc(F)cc1. The summed E-state index contributed by atoms with van der Waals surface area (Å²) in [5.41, 5.74) is 0. The molecular weight excluding hydrogens is 367 g/mol. The third-order valence-corrected chi connectivity index (χ3v) is 6.15. The Morgan fingerprint density at radius 2 is 1.85 bits per heavy atom. The minimum absolute atomic E-state index is 0.0564. The second-order valence-electron chi connectivity index (χ2n) is 6.33. The van der Waals surface area contributed by atoms with E-state index < -0.39 is 40.2 Å². The van der Waals surface area contributed by atoms with Crippen LogP contribution in [0.25, 0.3) is 0 Å². The molecule has 4 unspecified atom stereocenters. The fourth-order valence-corrected chi connectivity index (χ4v) is 4.41. The Morgan fingerprint density at radius 1 is 1.19 bits per heavy atom. The summed E-state index contributed by atoms with van der Waals surface area (Å²) >= 11 is 0. The summed E-state index contributed by atoms with van der Waals surface area (Å²) in [7, 11) is -3.84. The molecule has 2 aliphatic heterocycles. The molecule has 0 amide bonds. The molecule has 8 nitrogen and oxygen atoms in total. The van der Waals surface area contributed by atoms with Gasteiger partial charge in [0.2, 0.25) is 10.0 Å². The van der Waals surface area contributed by atoms with E-state index in [1.807, 2.05) is 4.90 Å². The summed E-state index contributed by atoms with van der Waals surface area (Å²) in [6.07, 6.45) is -2.34. The molecule has 0 spiro atoms. The summed E-state index contributed by atoms with van der Waals surface area (Å²) in [6.45, 7) is 1.77. The van der Waals surface area contributed by atoms with Crippen molar-refractivity contribution in [3.8, 4) is 0 Å². The Labute approximate surface area is 151 Å². The molecule has 0 aliphatic carbocycles. The molecule has 3 N–H and O–H groups in total. The molecule has 0 aromatic heterocycles. The first kappa shape index (κ1) is 19.6. The summed E-state index contributed by atoms with van der Waals surface area (Å²) < 4.78 is 51.2. The summed E-state index contributed by atoms with van der Waals surface area (Å²) in [4.78, 5) is 1.93. The molecule has 0 bridgehead atoms. The van der Waals surface area contributed by atoms with Crippen LogP contribution in [0.5, 0.6) is 0 Å². The summed E-state index contributed by atoms with van der Waals surface area (Å²) in [6, 6.07) is 4.05. The molecule has 1 aromatic carbocycles. The standard InChI is InChI=1S/C16H23FN2O6S/c17-11-1-3-12(4-2-11)26(22,23)18-9-13-15(16(21)14(10-20)25-13)19-5-7-24-8-6-19/h1-4,13-16,18,20-21H,5-10H2. The second-order valence-corrected chi connectivity index (χ2v) is 8.10. The zero-order valence-corrected chi connectivity index (χ0v) is 14.9. The number of ether oxygens (including phenoxy) is 2. The van der Waals surface area contributed by atoms with Gasteiger partial charge < -0.3 is 19.7 Å². The lowest BCUT2D eigenvalue weighted by Crippen LogP contribution is -2.54. The maximum Gasteiger partial charge on any atom is 0.240 e. The average molecular weight is 390 g/mol. The largest absolute Gasteiger partial charge is 0.394 e. The maximum absolute atomic E-state index is 13.0.